The lowest BCUT2D eigenvalue weighted by Crippen LogP contribution is -2.18. The molecule has 0 saturated carbocycles. The normalized spacial score (nSPS) is 19.4. The van der Waals surface area contributed by atoms with E-state index < -0.39 is 6.10 Å². The first-order valence-corrected chi connectivity index (χ1v) is 7.53. The van der Waals surface area contributed by atoms with Gasteiger partial charge in [0.05, 0.1) is 10.6 Å². The van der Waals surface area contributed by atoms with Crippen molar-refractivity contribution in [2.75, 3.05) is 0 Å². The van der Waals surface area contributed by atoms with Crippen molar-refractivity contribution in [3.05, 3.63) is 63.6 Å². The Hall–Kier alpha value is -1.26. The molecule has 0 aliphatic heterocycles. The number of rotatable bonds is 2. The molecule has 0 fully saturated rings. The fourth-order valence-corrected chi connectivity index (χ4v) is 3.13. The second kappa shape index (κ2) is 5.62. The Morgan fingerprint density at radius 1 is 1.35 bits per heavy atom. The summed E-state index contributed by atoms with van der Waals surface area (Å²) >= 11 is 3.13. The van der Waals surface area contributed by atoms with E-state index in [1.165, 1.54) is 11.6 Å². The van der Waals surface area contributed by atoms with Crippen LogP contribution in [0.3, 0.4) is 0 Å². The summed E-state index contributed by atoms with van der Waals surface area (Å²) in [6.45, 7) is 0. The zero-order valence-corrected chi connectivity index (χ0v) is 12.5. The van der Waals surface area contributed by atoms with Crippen molar-refractivity contribution in [2.45, 2.75) is 31.3 Å². The Labute approximate surface area is 125 Å². The minimum Gasteiger partial charge on any atom is -0.388 e. The van der Waals surface area contributed by atoms with Crippen LogP contribution in [0.15, 0.2) is 41.0 Å². The number of aryl methyl sites for hydroxylation is 1. The van der Waals surface area contributed by atoms with E-state index in [2.05, 4.69) is 27.0 Å². The molecule has 2 atom stereocenters. The standard InChI is InChI=1S/C16H15BrFNO/c17-13-7-6-11(9-14(13)18)16(20)12-5-1-3-10-4-2-8-19-15(10)12/h2,4,6-9,12,16,20H,1,3,5H2. The summed E-state index contributed by atoms with van der Waals surface area (Å²) in [6.07, 6.45) is 3.95. The highest BCUT2D eigenvalue weighted by atomic mass is 79.9. The van der Waals surface area contributed by atoms with Gasteiger partial charge in [-0.25, -0.2) is 4.39 Å². The number of aromatic nitrogens is 1. The van der Waals surface area contributed by atoms with Crippen molar-refractivity contribution in [2.24, 2.45) is 0 Å². The van der Waals surface area contributed by atoms with Gasteiger partial charge in [0, 0.05) is 17.8 Å². The van der Waals surface area contributed by atoms with Crippen molar-refractivity contribution in [3.8, 4) is 0 Å². The number of nitrogens with zero attached hydrogens (tertiary/aromatic N) is 1. The minimum atomic E-state index is -0.716. The molecule has 0 radical (unpaired) electrons. The van der Waals surface area contributed by atoms with Crippen LogP contribution in [0.25, 0.3) is 0 Å². The smallest absolute Gasteiger partial charge is 0.137 e. The molecule has 1 aliphatic rings. The molecule has 104 valence electrons. The molecule has 20 heavy (non-hydrogen) atoms. The third-order valence-corrected chi connectivity index (χ3v) is 4.55. The van der Waals surface area contributed by atoms with Gasteiger partial charge >= 0.3 is 0 Å². The lowest BCUT2D eigenvalue weighted by atomic mass is 9.81. The van der Waals surface area contributed by atoms with E-state index in [9.17, 15) is 9.50 Å². The number of pyridine rings is 1. The molecule has 3 rings (SSSR count). The first-order valence-electron chi connectivity index (χ1n) is 6.73. The molecule has 2 nitrogen and oxygen atoms in total. The SMILES string of the molecule is OC(c1ccc(Br)c(F)c1)C1CCCc2cccnc21. The Kier molecular flexibility index (Phi) is 3.85. The van der Waals surface area contributed by atoms with Crippen molar-refractivity contribution < 1.29 is 9.50 Å². The summed E-state index contributed by atoms with van der Waals surface area (Å²) in [5.74, 6) is -0.404. The first-order chi connectivity index (χ1) is 9.66. The van der Waals surface area contributed by atoms with Crippen LogP contribution in [-0.4, -0.2) is 10.1 Å². The van der Waals surface area contributed by atoms with E-state index >= 15 is 0 Å². The van der Waals surface area contributed by atoms with Gasteiger partial charge in [-0.1, -0.05) is 12.1 Å². The maximum absolute atomic E-state index is 13.6. The predicted octanol–water partition coefficient (Wildman–Crippen LogP) is 4.14. The number of halogens is 2. The summed E-state index contributed by atoms with van der Waals surface area (Å²) < 4.78 is 14.0. The zero-order valence-electron chi connectivity index (χ0n) is 10.9. The molecular weight excluding hydrogens is 321 g/mol. The molecule has 0 amide bonds. The summed E-state index contributed by atoms with van der Waals surface area (Å²) in [7, 11) is 0. The molecule has 2 unspecified atom stereocenters. The largest absolute Gasteiger partial charge is 0.388 e. The van der Waals surface area contributed by atoms with Gasteiger partial charge in [-0.3, -0.25) is 4.98 Å². The van der Waals surface area contributed by atoms with Crippen molar-refractivity contribution in [1.29, 1.82) is 0 Å². The van der Waals surface area contributed by atoms with Gasteiger partial charge in [0.15, 0.2) is 0 Å². The lowest BCUT2D eigenvalue weighted by Gasteiger charge is -2.28. The number of hydrogen-bond acceptors (Lipinski definition) is 2. The van der Waals surface area contributed by atoms with Gasteiger partial charge in [-0.2, -0.15) is 0 Å². The van der Waals surface area contributed by atoms with Crippen LogP contribution in [-0.2, 0) is 6.42 Å². The van der Waals surface area contributed by atoms with E-state index in [0.29, 0.717) is 10.0 Å². The van der Waals surface area contributed by atoms with Crippen LogP contribution in [0.1, 0.15) is 41.7 Å². The number of hydrogen-bond donors (Lipinski definition) is 1. The van der Waals surface area contributed by atoms with Crippen molar-refractivity contribution >= 4 is 15.9 Å². The van der Waals surface area contributed by atoms with Crippen LogP contribution in [0.2, 0.25) is 0 Å². The predicted molar refractivity (Wildman–Crippen MR) is 79.0 cm³/mol. The van der Waals surface area contributed by atoms with Crippen molar-refractivity contribution in [1.82, 2.24) is 4.98 Å². The molecule has 1 aromatic carbocycles. The second-order valence-electron chi connectivity index (χ2n) is 5.16. The van der Waals surface area contributed by atoms with Crippen LogP contribution in [0.5, 0.6) is 0 Å². The Balaban J connectivity index is 1.95. The highest BCUT2D eigenvalue weighted by Gasteiger charge is 2.29. The van der Waals surface area contributed by atoms with Crippen molar-refractivity contribution in [3.63, 3.8) is 0 Å². The van der Waals surface area contributed by atoms with Crippen LogP contribution < -0.4 is 0 Å². The van der Waals surface area contributed by atoms with E-state index in [0.717, 1.165) is 25.0 Å². The maximum Gasteiger partial charge on any atom is 0.137 e. The van der Waals surface area contributed by atoms with Crippen LogP contribution in [0, 0.1) is 5.82 Å². The average Bonchev–Trinajstić information content (AvgIpc) is 2.49. The van der Waals surface area contributed by atoms with Gasteiger partial charge in [0.2, 0.25) is 0 Å². The van der Waals surface area contributed by atoms with Gasteiger partial charge in [0.1, 0.15) is 5.82 Å². The Morgan fingerprint density at radius 2 is 2.20 bits per heavy atom. The van der Waals surface area contributed by atoms with Gasteiger partial charge in [-0.05, 0) is 64.5 Å². The summed E-state index contributed by atoms with van der Waals surface area (Å²) in [6, 6.07) is 8.77. The van der Waals surface area contributed by atoms with Crippen LogP contribution >= 0.6 is 15.9 Å². The first kappa shape index (κ1) is 13.7. The molecule has 0 spiro atoms. The number of fused-ring (bicyclic) bond motifs is 1. The third kappa shape index (κ3) is 2.50. The Bertz CT molecular complexity index is 632. The van der Waals surface area contributed by atoms with Gasteiger partial charge in [0.25, 0.3) is 0 Å². The molecule has 1 aliphatic carbocycles. The average molecular weight is 336 g/mol. The molecule has 0 saturated heterocycles. The topological polar surface area (TPSA) is 33.1 Å². The molecular formula is C16H15BrFNO. The molecule has 2 aromatic rings. The molecule has 4 heteroatoms. The second-order valence-corrected chi connectivity index (χ2v) is 6.02. The highest BCUT2D eigenvalue weighted by molar-refractivity contribution is 9.10. The van der Waals surface area contributed by atoms with E-state index in [1.807, 2.05) is 6.07 Å². The number of aliphatic hydroxyl groups excluding tert-OH is 1. The fraction of sp³-hybridized carbons (Fsp3) is 0.312. The van der Waals surface area contributed by atoms with E-state index in [1.54, 1.807) is 18.3 Å². The fourth-order valence-electron chi connectivity index (χ4n) is 2.88. The summed E-state index contributed by atoms with van der Waals surface area (Å²) in [4.78, 5) is 4.42. The molecule has 1 N–H and O–H groups in total. The highest BCUT2D eigenvalue weighted by Crippen LogP contribution is 2.39. The molecule has 1 heterocycles. The van der Waals surface area contributed by atoms with Gasteiger partial charge < -0.3 is 5.11 Å². The monoisotopic (exact) mass is 335 g/mol. The minimum absolute atomic E-state index is 0.0551. The zero-order chi connectivity index (χ0) is 14.1. The quantitative estimate of drug-likeness (QED) is 0.894. The van der Waals surface area contributed by atoms with E-state index in [4.69, 9.17) is 0 Å². The molecule has 1 aromatic heterocycles. The van der Waals surface area contributed by atoms with Gasteiger partial charge in [-0.15, -0.1) is 0 Å². The molecule has 0 bridgehead atoms. The van der Waals surface area contributed by atoms with Crippen LogP contribution in [0.4, 0.5) is 4.39 Å². The summed E-state index contributed by atoms with van der Waals surface area (Å²) in [5, 5.41) is 10.6. The maximum atomic E-state index is 13.6. The Morgan fingerprint density at radius 3 is 3.00 bits per heavy atom. The van der Waals surface area contributed by atoms with E-state index in [-0.39, 0.29) is 11.7 Å². The third-order valence-electron chi connectivity index (χ3n) is 3.90. The number of benzene rings is 1. The lowest BCUT2D eigenvalue weighted by molar-refractivity contribution is 0.133. The summed E-state index contributed by atoms with van der Waals surface area (Å²) in [5.41, 5.74) is 2.75. The number of aliphatic hydroxyl groups is 1.